The topological polar surface area (TPSA) is 29.1 Å². The highest BCUT2D eigenvalue weighted by atomic mass is 19.4. The number of carbonyl (C=O) groups is 1. The van der Waals surface area contributed by atoms with E-state index >= 15 is 0 Å². The number of amides is 1. The molecule has 0 aliphatic heterocycles. The first-order chi connectivity index (χ1) is 11.3. The van der Waals surface area contributed by atoms with Crippen molar-refractivity contribution in [3.05, 3.63) is 71.0 Å². The van der Waals surface area contributed by atoms with Gasteiger partial charge in [-0.1, -0.05) is 24.3 Å². The molecule has 0 bridgehead atoms. The lowest BCUT2D eigenvalue weighted by Gasteiger charge is -2.08. The summed E-state index contributed by atoms with van der Waals surface area (Å²) in [7, 11) is 0. The lowest BCUT2D eigenvalue weighted by Crippen LogP contribution is -2.24. The van der Waals surface area contributed by atoms with Gasteiger partial charge in [-0.25, -0.2) is 4.39 Å². The van der Waals surface area contributed by atoms with Crippen molar-refractivity contribution in [1.29, 1.82) is 0 Å². The summed E-state index contributed by atoms with van der Waals surface area (Å²) >= 11 is 0. The first-order valence-electron chi connectivity index (χ1n) is 7.54. The number of halogens is 4. The van der Waals surface area contributed by atoms with Gasteiger partial charge in [0.15, 0.2) is 0 Å². The van der Waals surface area contributed by atoms with Crippen molar-refractivity contribution < 1.29 is 22.4 Å². The molecule has 126 valence electrons. The molecule has 3 rings (SSSR count). The van der Waals surface area contributed by atoms with E-state index in [1.165, 1.54) is 24.3 Å². The summed E-state index contributed by atoms with van der Waals surface area (Å²) in [5.41, 5.74) is 0.839. The van der Waals surface area contributed by atoms with Crippen LogP contribution in [0.1, 0.15) is 29.0 Å². The summed E-state index contributed by atoms with van der Waals surface area (Å²) < 4.78 is 50.4. The summed E-state index contributed by atoms with van der Waals surface area (Å²) in [6, 6.07) is 10.8. The van der Waals surface area contributed by atoms with Gasteiger partial charge in [0.05, 0.1) is 5.56 Å². The van der Waals surface area contributed by atoms with Crippen molar-refractivity contribution in [1.82, 2.24) is 5.32 Å². The predicted molar refractivity (Wildman–Crippen MR) is 80.5 cm³/mol. The van der Waals surface area contributed by atoms with E-state index in [1.54, 1.807) is 12.1 Å². The average Bonchev–Trinajstić information content (AvgIpc) is 3.34. The van der Waals surface area contributed by atoms with Gasteiger partial charge < -0.3 is 5.32 Å². The minimum absolute atomic E-state index is 0.0412. The molecular weight excluding hydrogens is 322 g/mol. The van der Waals surface area contributed by atoms with Gasteiger partial charge in [-0.2, -0.15) is 13.2 Å². The zero-order valence-corrected chi connectivity index (χ0v) is 12.6. The summed E-state index contributed by atoms with van der Waals surface area (Å²) in [6.45, 7) is 0.301. The molecule has 2 atom stereocenters. The number of hydrogen-bond donors (Lipinski definition) is 1. The van der Waals surface area contributed by atoms with E-state index in [9.17, 15) is 22.4 Å². The summed E-state index contributed by atoms with van der Waals surface area (Å²) in [4.78, 5) is 12.1. The Morgan fingerprint density at radius 1 is 1.04 bits per heavy atom. The smallest absolute Gasteiger partial charge is 0.352 e. The molecular formula is C18H15F4NO. The Balaban J connectivity index is 1.54. The Morgan fingerprint density at radius 2 is 1.67 bits per heavy atom. The van der Waals surface area contributed by atoms with Crippen molar-refractivity contribution >= 4 is 5.91 Å². The van der Waals surface area contributed by atoms with Crippen LogP contribution in [0.4, 0.5) is 17.6 Å². The van der Waals surface area contributed by atoms with Crippen molar-refractivity contribution in [3.63, 3.8) is 0 Å². The highest BCUT2D eigenvalue weighted by molar-refractivity contribution is 5.82. The van der Waals surface area contributed by atoms with Crippen molar-refractivity contribution in [2.24, 2.45) is 5.92 Å². The average molecular weight is 337 g/mol. The van der Waals surface area contributed by atoms with Crippen molar-refractivity contribution in [3.8, 4) is 0 Å². The molecule has 2 nitrogen and oxygen atoms in total. The number of alkyl halides is 3. The molecule has 0 spiro atoms. The number of nitrogens with one attached hydrogen (secondary N) is 1. The van der Waals surface area contributed by atoms with Crippen molar-refractivity contribution in [2.45, 2.75) is 25.1 Å². The van der Waals surface area contributed by atoms with E-state index in [0.717, 1.165) is 23.3 Å². The Bertz CT molecular complexity index is 722. The zero-order chi connectivity index (χ0) is 17.3. The largest absolute Gasteiger partial charge is 0.416 e. The first-order valence-corrected chi connectivity index (χ1v) is 7.54. The number of benzene rings is 2. The third-order valence-electron chi connectivity index (χ3n) is 4.17. The van der Waals surface area contributed by atoms with E-state index in [1.807, 2.05) is 0 Å². The maximum absolute atomic E-state index is 12.8. The summed E-state index contributed by atoms with van der Waals surface area (Å²) in [5, 5.41) is 2.77. The fourth-order valence-corrected chi connectivity index (χ4v) is 2.69. The van der Waals surface area contributed by atoms with Gasteiger partial charge in [-0.15, -0.1) is 0 Å². The monoisotopic (exact) mass is 337 g/mol. The quantitative estimate of drug-likeness (QED) is 0.830. The van der Waals surface area contributed by atoms with Gasteiger partial charge in [-0.05, 0) is 47.7 Å². The van der Waals surface area contributed by atoms with Crippen LogP contribution >= 0.6 is 0 Å². The van der Waals surface area contributed by atoms with Crippen LogP contribution < -0.4 is 5.32 Å². The maximum atomic E-state index is 12.8. The molecule has 1 aliphatic rings. The van der Waals surface area contributed by atoms with E-state index in [-0.39, 0.29) is 23.6 Å². The lowest BCUT2D eigenvalue weighted by atomic mass is 10.1. The summed E-state index contributed by atoms with van der Waals surface area (Å²) in [5.74, 6) is -0.735. The Labute approximate surface area is 136 Å². The highest BCUT2D eigenvalue weighted by Crippen LogP contribution is 2.48. The van der Waals surface area contributed by atoms with Crippen molar-refractivity contribution in [2.75, 3.05) is 0 Å². The van der Waals surface area contributed by atoms with Gasteiger partial charge in [0.1, 0.15) is 5.82 Å². The molecule has 0 radical (unpaired) electrons. The lowest BCUT2D eigenvalue weighted by molar-refractivity contribution is -0.137. The molecule has 1 fully saturated rings. The molecule has 2 aromatic carbocycles. The number of hydrogen-bond acceptors (Lipinski definition) is 1. The predicted octanol–water partition coefficient (Wildman–Crippen LogP) is 4.26. The van der Waals surface area contributed by atoms with Crippen LogP contribution in [0.15, 0.2) is 48.5 Å². The zero-order valence-electron chi connectivity index (χ0n) is 12.6. The van der Waals surface area contributed by atoms with Crippen LogP contribution in [0.25, 0.3) is 0 Å². The Morgan fingerprint density at radius 3 is 2.25 bits per heavy atom. The van der Waals surface area contributed by atoms with E-state index in [0.29, 0.717) is 13.0 Å². The standard InChI is InChI=1S/C18H15F4NO/c19-14-7-1-11(2-8-14)10-23-17(24)16-9-15(16)12-3-5-13(6-4-12)18(20,21)22/h1-8,15-16H,9-10H2,(H,23,24). The molecule has 0 aromatic heterocycles. The van der Waals surface area contributed by atoms with Crippen LogP contribution in [0.3, 0.4) is 0 Å². The second-order valence-electron chi connectivity index (χ2n) is 5.91. The fraction of sp³-hybridized carbons (Fsp3) is 0.278. The van der Waals surface area contributed by atoms with E-state index in [2.05, 4.69) is 5.32 Å². The molecule has 24 heavy (non-hydrogen) atoms. The van der Waals surface area contributed by atoms with Gasteiger partial charge in [0.25, 0.3) is 0 Å². The van der Waals surface area contributed by atoms with E-state index in [4.69, 9.17) is 0 Å². The molecule has 6 heteroatoms. The molecule has 1 N–H and O–H groups in total. The molecule has 2 aromatic rings. The second-order valence-corrected chi connectivity index (χ2v) is 5.91. The molecule has 1 aliphatic carbocycles. The SMILES string of the molecule is O=C(NCc1ccc(F)cc1)C1CC1c1ccc(C(F)(F)F)cc1. The Hall–Kier alpha value is -2.37. The van der Waals surface area contributed by atoms with Gasteiger partial charge in [0, 0.05) is 12.5 Å². The van der Waals surface area contributed by atoms with Crippen LogP contribution in [-0.4, -0.2) is 5.91 Å². The molecule has 1 amide bonds. The molecule has 2 unspecified atom stereocenters. The van der Waals surface area contributed by atoms with Crippen LogP contribution in [0, 0.1) is 11.7 Å². The van der Waals surface area contributed by atoms with Crippen LogP contribution in [0.5, 0.6) is 0 Å². The van der Waals surface area contributed by atoms with Gasteiger partial charge in [0.2, 0.25) is 5.91 Å². The minimum Gasteiger partial charge on any atom is -0.352 e. The van der Waals surface area contributed by atoms with Gasteiger partial charge >= 0.3 is 6.18 Å². The second kappa shape index (κ2) is 6.26. The molecule has 0 saturated heterocycles. The normalized spacial score (nSPS) is 19.8. The molecule has 1 saturated carbocycles. The third kappa shape index (κ3) is 3.75. The number of rotatable bonds is 4. The first kappa shape index (κ1) is 16.5. The van der Waals surface area contributed by atoms with E-state index < -0.39 is 11.7 Å². The Kier molecular flexibility index (Phi) is 4.30. The van der Waals surface area contributed by atoms with Gasteiger partial charge in [-0.3, -0.25) is 4.79 Å². The maximum Gasteiger partial charge on any atom is 0.416 e. The number of carbonyl (C=O) groups excluding carboxylic acids is 1. The molecule has 0 heterocycles. The third-order valence-corrected chi connectivity index (χ3v) is 4.17. The fourth-order valence-electron chi connectivity index (χ4n) is 2.69. The summed E-state index contributed by atoms with van der Waals surface area (Å²) in [6.07, 6.45) is -3.73. The van der Waals surface area contributed by atoms with Crippen LogP contribution in [-0.2, 0) is 17.5 Å². The highest BCUT2D eigenvalue weighted by Gasteiger charge is 2.44. The van der Waals surface area contributed by atoms with Crippen LogP contribution in [0.2, 0.25) is 0 Å². The minimum atomic E-state index is -4.35.